The minimum atomic E-state index is -1.48. The molecule has 0 spiro atoms. The number of carbonyl (C=O) groups excluding carboxylic acids is 2. The predicted octanol–water partition coefficient (Wildman–Crippen LogP) is -5.29. The molecule has 0 radical (unpaired) electrons. The topological polar surface area (TPSA) is 176 Å². The first-order chi connectivity index (χ1) is 7.84. The molecule has 0 amide bonds. The number of hydrogen-bond donors (Lipinski definition) is 4. The van der Waals surface area contributed by atoms with E-state index in [2.05, 4.69) is 10.5 Å². The molecule has 0 aliphatic carbocycles. The Kier molecular flexibility index (Phi) is 9.57. The van der Waals surface area contributed by atoms with Crippen LogP contribution >= 0.6 is 0 Å². The van der Waals surface area contributed by atoms with E-state index in [0.29, 0.717) is 0 Å². The van der Waals surface area contributed by atoms with E-state index in [1.165, 1.54) is 0 Å². The summed E-state index contributed by atoms with van der Waals surface area (Å²) in [6.45, 7) is -1.10. The fourth-order valence-corrected chi connectivity index (χ4v) is 0.809. The van der Waals surface area contributed by atoms with Gasteiger partial charge in [-0.25, -0.2) is 4.79 Å². The quantitative estimate of drug-likeness (QED) is 0.289. The molecular formula is C8H11MgNO8. The van der Waals surface area contributed by atoms with Crippen LogP contribution in [0.1, 0.15) is 0 Å². The van der Waals surface area contributed by atoms with Crippen LogP contribution in [0.3, 0.4) is 0 Å². The normalized spacial score (nSPS) is 19.3. The number of aliphatic carboxylic acids is 1. The van der Waals surface area contributed by atoms with Crippen molar-refractivity contribution in [2.24, 2.45) is 5.73 Å². The molecular weight excluding hydrogens is 262 g/mol. The summed E-state index contributed by atoms with van der Waals surface area (Å²) in [6, 6.07) is 0. The smallest absolute Gasteiger partial charge is 0.870 e. The summed E-state index contributed by atoms with van der Waals surface area (Å²) < 4.78 is 4.25. The third-order valence-corrected chi connectivity index (χ3v) is 1.62. The zero-order chi connectivity index (χ0) is 13.6. The van der Waals surface area contributed by atoms with Crippen molar-refractivity contribution in [3.8, 4) is 0 Å². The van der Waals surface area contributed by atoms with Gasteiger partial charge in [-0.15, -0.1) is 0 Å². The summed E-state index contributed by atoms with van der Waals surface area (Å²) in [5.74, 6) is -4.42. The molecule has 0 aromatic carbocycles. The van der Waals surface area contributed by atoms with Crippen LogP contribution in [0.2, 0.25) is 0 Å². The summed E-state index contributed by atoms with van der Waals surface area (Å²) in [5, 5.41) is 45.9. The number of rotatable bonds is 3. The first-order valence-electron chi connectivity index (χ1n) is 4.35. The molecule has 10 heteroatoms. The van der Waals surface area contributed by atoms with Gasteiger partial charge in [0.25, 0.3) is 0 Å². The van der Waals surface area contributed by atoms with Crippen molar-refractivity contribution in [2.75, 3.05) is 13.2 Å². The van der Waals surface area contributed by atoms with Crippen LogP contribution in [0.5, 0.6) is 0 Å². The first kappa shape index (κ1) is 19.3. The molecule has 5 N–H and O–H groups in total. The van der Waals surface area contributed by atoms with Gasteiger partial charge in [0.05, 0.1) is 12.6 Å². The van der Waals surface area contributed by atoms with Gasteiger partial charge in [0.2, 0.25) is 0 Å². The van der Waals surface area contributed by atoms with Crippen LogP contribution < -0.4 is 15.9 Å². The molecule has 18 heavy (non-hydrogen) atoms. The molecule has 0 aromatic rings. The number of aliphatic hydroxyl groups is 3. The van der Waals surface area contributed by atoms with Crippen LogP contribution in [0.25, 0.3) is 0 Å². The maximum Gasteiger partial charge on any atom is 2.00 e. The van der Waals surface area contributed by atoms with E-state index in [0.717, 1.165) is 0 Å². The number of hydrogen-bond acceptors (Lipinski definition) is 9. The standard InChI is InChI=1S/C6H8O6.C2H5NO2.Mg/c7-1-2(8)5-3(9)4(10)6(11)12-5;3-1-2(4)5;/h2,5,7-10H,1H2;1,3H2,(H,4,5);/q;;+2/p-2/t2-,5+;;/m0../s1. The van der Waals surface area contributed by atoms with Gasteiger partial charge < -0.3 is 40.8 Å². The second-order valence-electron chi connectivity index (χ2n) is 2.86. The third-order valence-electron chi connectivity index (χ3n) is 1.62. The maximum atomic E-state index is 10.8. The van der Waals surface area contributed by atoms with E-state index >= 15 is 0 Å². The zero-order valence-corrected chi connectivity index (χ0v) is 10.7. The van der Waals surface area contributed by atoms with Crippen LogP contribution in [-0.2, 0) is 14.3 Å². The zero-order valence-electron chi connectivity index (χ0n) is 9.24. The van der Waals surface area contributed by atoms with Crippen LogP contribution in [-0.4, -0.2) is 75.7 Å². The molecule has 98 valence electrons. The molecule has 1 rings (SSSR count). The molecule has 0 aromatic heterocycles. The fraction of sp³-hybridized carbons (Fsp3) is 0.500. The van der Waals surface area contributed by atoms with E-state index in [1.807, 2.05) is 0 Å². The second-order valence-corrected chi connectivity index (χ2v) is 2.86. The Morgan fingerprint density at radius 2 is 2.00 bits per heavy atom. The van der Waals surface area contributed by atoms with Crippen molar-refractivity contribution >= 4 is 35.0 Å². The minimum absolute atomic E-state index is 0. The fourth-order valence-electron chi connectivity index (χ4n) is 0.809. The van der Waals surface area contributed by atoms with Crippen LogP contribution in [0.15, 0.2) is 11.5 Å². The molecule has 2 atom stereocenters. The van der Waals surface area contributed by atoms with Gasteiger partial charge in [0.15, 0.2) is 5.76 Å². The number of nitrogens with two attached hydrogens (primary N) is 1. The number of aliphatic hydroxyl groups excluding tert-OH is 3. The molecule has 9 nitrogen and oxygen atoms in total. The molecule has 0 unspecified atom stereocenters. The van der Waals surface area contributed by atoms with E-state index < -0.39 is 42.3 Å². The SMILES string of the molecule is NCC(=O)[O-].O=C1O[C@H]([C@@H](O)CO)C([O-])=C1O.[Mg+2]. The minimum Gasteiger partial charge on any atom is -0.870 e. The van der Waals surface area contributed by atoms with Gasteiger partial charge in [0, 0.05) is 6.54 Å². The van der Waals surface area contributed by atoms with Crippen LogP contribution in [0, 0.1) is 0 Å². The van der Waals surface area contributed by atoms with Gasteiger partial charge in [-0.2, -0.15) is 0 Å². The summed E-state index contributed by atoms with van der Waals surface area (Å²) in [4.78, 5) is 19.6. The van der Waals surface area contributed by atoms with Crippen LogP contribution in [0.4, 0.5) is 0 Å². The number of carbonyl (C=O) groups is 2. The van der Waals surface area contributed by atoms with Crippen molar-refractivity contribution < 1.29 is 39.9 Å². The van der Waals surface area contributed by atoms with Crippen molar-refractivity contribution in [3.63, 3.8) is 0 Å². The van der Waals surface area contributed by atoms with Crippen molar-refractivity contribution in [2.45, 2.75) is 12.2 Å². The van der Waals surface area contributed by atoms with Gasteiger partial charge in [-0.1, -0.05) is 0 Å². The molecule has 0 saturated heterocycles. The molecule has 1 aliphatic heterocycles. The summed E-state index contributed by atoms with van der Waals surface area (Å²) in [7, 11) is 0. The van der Waals surface area contributed by atoms with Gasteiger partial charge in [0.1, 0.15) is 12.2 Å². The number of cyclic esters (lactones) is 1. The Labute approximate surface area is 118 Å². The predicted molar refractivity (Wildman–Crippen MR) is 52.4 cm³/mol. The molecule has 1 aliphatic rings. The Morgan fingerprint density at radius 3 is 2.22 bits per heavy atom. The first-order valence-corrected chi connectivity index (χ1v) is 4.35. The summed E-state index contributed by atoms with van der Waals surface area (Å²) >= 11 is 0. The molecule has 0 bridgehead atoms. The number of esters is 1. The second kappa shape index (κ2) is 8.94. The Morgan fingerprint density at radius 1 is 1.56 bits per heavy atom. The summed E-state index contributed by atoms with van der Waals surface area (Å²) in [5.41, 5.74) is 4.51. The third kappa shape index (κ3) is 5.51. The average molecular weight is 273 g/mol. The Bertz CT molecular complexity index is 331. The monoisotopic (exact) mass is 273 g/mol. The van der Waals surface area contributed by atoms with E-state index in [-0.39, 0.29) is 29.6 Å². The van der Waals surface area contributed by atoms with E-state index in [4.69, 9.17) is 25.2 Å². The molecule has 0 fully saturated rings. The van der Waals surface area contributed by atoms with Gasteiger partial charge >= 0.3 is 29.0 Å². The van der Waals surface area contributed by atoms with E-state index in [1.54, 1.807) is 0 Å². The Hall–Kier alpha value is -1.07. The number of carboxylic acids is 1. The molecule has 1 heterocycles. The largest absolute Gasteiger partial charge is 2.00 e. The average Bonchev–Trinajstić information content (AvgIpc) is 2.56. The van der Waals surface area contributed by atoms with Crippen molar-refractivity contribution in [3.05, 3.63) is 11.5 Å². The van der Waals surface area contributed by atoms with Crippen molar-refractivity contribution in [1.82, 2.24) is 0 Å². The van der Waals surface area contributed by atoms with Gasteiger partial charge in [-0.05, 0) is 5.76 Å². The number of carboxylic acid groups (broad SMARTS) is 1. The van der Waals surface area contributed by atoms with E-state index in [9.17, 15) is 9.90 Å². The van der Waals surface area contributed by atoms with Crippen molar-refractivity contribution in [1.29, 1.82) is 0 Å². The molecule has 0 saturated carbocycles. The Balaban J connectivity index is 0. The maximum absolute atomic E-state index is 10.8. The number of ether oxygens (including phenoxy) is 1. The summed E-state index contributed by atoms with van der Waals surface area (Å²) in [6.07, 6.45) is -2.95. The van der Waals surface area contributed by atoms with Gasteiger partial charge in [-0.3, -0.25) is 0 Å².